The number of carbonyl (C=O) groups is 2. The molecule has 0 spiro atoms. The Kier molecular flexibility index (Phi) is 13.1. The number of anilines is 1. The summed E-state index contributed by atoms with van der Waals surface area (Å²) >= 11 is 0. The van der Waals surface area contributed by atoms with Gasteiger partial charge in [0.2, 0.25) is 5.91 Å². The monoisotopic (exact) mass is 309 g/mol. The largest absolute Gasteiger partial charge is 0.351 e. The topological polar surface area (TPSA) is 84.2 Å². The second-order valence-corrected chi connectivity index (χ2v) is 4.21. The van der Waals surface area contributed by atoms with Crippen LogP contribution in [0.1, 0.15) is 56.1 Å². The predicted octanol–water partition coefficient (Wildman–Crippen LogP) is 3.00. The van der Waals surface area contributed by atoms with Crippen molar-refractivity contribution in [2.45, 2.75) is 48.5 Å². The first-order valence-electron chi connectivity index (χ1n) is 7.82. The maximum atomic E-state index is 11.9. The van der Waals surface area contributed by atoms with Crippen LogP contribution in [0.5, 0.6) is 0 Å². The van der Waals surface area contributed by atoms with Gasteiger partial charge in [0, 0.05) is 31.3 Å². The molecule has 0 saturated heterocycles. The van der Waals surface area contributed by atoms with Crippen molar-refractivity contribution in [2.75, 3.05) is 18.4 Å². The molecule has 0 atom stereocenters. The van der Waals surface area contributed by atoms with E-state index in [1.807, 2.05) is 47.6 Å². The lowest BCUT2D eigenvalue weighted by atomic mass is 10.0. The Morgan fingerprint density at radius 2 is 1.59 bits per heavy atom. The summed E-state index contributed by atoms with van der Waals surface area (Å²) in [4.78, 5) is 23.0. The van der Waals surface area contributed by atoms with E-state index in [9.17, 15) is 9.59 Å². The molecule has 0 aliphatic heterocycles. The van der Waals surface area contributed by atoms with Crippen LogP contribution < -0.4 is 16.4 Å². The Morgan fingerprint density at radius 3 is 2.05 bits per heavy atom. The second-order valence-electron chi connectivity index (χ2n) is 4.21. The van der Waals surface area contributed by atoms with E-state index in [1.54, 1.807) is 6.07 Å². The predicted molar refractivity (Wildman–Crippen MR) is 94.3 cm³/mol. The molecule has 1 aromatic carbocycles. The first-order chi connectivity index (χ1) is 10.5. The molecule has 5 heteroatoms. The van der Waals surface area contributed by atoms with Gasteiger partial charge in [0.1, 0.15) is 0 Å². The van der Waals surface area contributed by atoms with Crippen molar-refractivity contribution in [3.05, 3.63) is 28.8 Å². The van der Waals surface area contributed by atoms with Crippen LogP contribution in [0.25, 0.3) is 0 Å². The van der Waals surface area contributed by atoms with Crippen LogP contribution in [-0.4, -0.2) is 24.9 Å². The average molecular weight is 309 g/mol. The fraction of sp³-hybridized carbons (Fsp3) is 0.529. The van der Waals surface area contributed by atoms with E-state index in [0.717, 1.165) is 11.1 Å². The molecule has 4 N–H and O–H groups in total. The number of carbonyl (C=O) groups excluding carboxylic acids is 2. The van der Waals surface area contributed by atoms with Crippen molar-refractivity contribution in [3.63, 3.8) is 0 Å². The highest BCUT2D eigenvalue weighted by atomic mass is 16.2. The molecule has 0 heterocycles. The molecule has 2 amide bonds. The van der Waals surface area contributed by atoms with Crippen molar-refractivity contribution >= 4 is 17.5 Å². The average Bonchev–Trinajstić information content (AvgIpc) is 2.51. The van der Waals surface area contributed by atoms with Crippen molar-refractivity contribution in [2.24, 2.45) is 5.73 Å². The van der Waals surface area contributed by atoms with E-state index in [-0.39, 0.29) is 11.8 Å². The highest BCUT2D eigenvalue weighted by Crippen LogP contribution is 2.20. The van der Waals surface area contributed by atoms with Crippen LogP contribution in [0.3, 0.4) is 0 Å². The third kappa shape index (κ3) is 7.78. The molecule has 0 aliphatic carbocycles. The van der Waals surface area contributed by atoms with E-state index < -0.39 is 0 Å². The van der Waals surface area contributed by atoms with Gasteiger partial charge >= 0.3 is 0 Å². The number of benzene rings is 1. The van der Waals surface area contributed by atoms with Gasteiger partial charge in [-0.2, -0.15) is 0 Å². The van der Waals surface area contributed by atoms with Crippen LogP contribution >= 0.6 is 0 Å². The van der Waals surface area contributed by atoms with E-state index in [4.69, 9.17) is 5.73 Å². The van der Waals surface area contributed by atoms with Gasteiger partial charge in [0.15, 0.2) is 0 Å². The standard InChI is InChI=1S/C13H19N3O2.2C2H6/c1-8-6-9(2)12(16-10(3)17)7-11(8)13(18)15-5-4-14;2*1-2/h6-7H,4-5,14H2,1-3H3,(H,15,18)(H,16,17);2*1-2H3. The van der Waals surface area contributed by atoms with E-state index in [0.29, 0.717) is 24.3 Å². The maximum Gasteiger partial charge on any atom is 0.251 e. The summed E-state index contributed by atoms with van der Waals surface area (Å²) in [6, 6.07) is 3.57. The maximum absolute atomic E-state index is 11.9. The number of amides is 2. The highest BCUT2D eigenvalue weighted by molar-refractivity contribution is 5.98. The van der Waals surface area contributed by atoms with Gasteiger partial charge < -0.3 is 16.4 Å². The van der Waals surface area contributed by atoms with Crippen molar-refractivity contribution in [1.82, 2.24) is 5.32 Å². The quantitative estimate of drug-likeness (QED) is 0.799. The molecule has 0 saturated carbocycles. The molecule has 0 aromatic heterocycles. The van der Waals surface area contributed by atoms with Gasteiger partial charge in [0.25, 0.3) is 5.91 Å². The van der Waals surface area contributed by atoms with Crippen molar-refractivity contribution < 1.29 is 9.59 Å². The molecule has 1 rings (SSSR count). The summed E-state index contributed by atoms with van der Waals surface area (Å²) in [7, 11) is 0. The number of hydrogen-bond donors (Lipinski definition) is 3. The third-order valence-corrected chi connectivity index (χ3v) is 2.56. The van der Waals surface area contributed by atoms with Crippen LogP contribution in [-0.2, 0) is 4.79 Å². The summed E-state index contributed by atoms with van der Waals surface area (Å²) in [5.41, 5.74) is 8.35. The van der Waals surface area contributed by atoms with Crippen molar-refractivity contribution in [3.8, 4) is 0 Å². The number of hydrogen-bond acceptors (Lipinski definition) is 3. The summed E-state index contributed by atoms with van der Waals surface area (Å²) in [6.07, 6.45) is 0. The first-order valence-corrected chi connectivity index (χ1v) is 7.82. The Balaban J connectivity index is 0. The minimum absolute atomic E-state index is 0.157. The van der Waals surface area contributed by atoms with Crippen molar-refractivity contribution in [1.29, 1.82) is 0 Å². The minimum atomic E-state index is -0.176. The molecule has 0 radical (unpaired) electrons. The fourth-order valence-electron chi connectivity index (χ4n) is 1.70. The number of nitrogens with two attached hydrogens (primary N) is 1. The summed E-state index contributed by atoms with van der Waals surface area (Å²) < 4.78 is 0. The molecular formula is C17H31N3O2. The lowest BCUT2D eigenvalue weighted by Gasteiger charge is -2.12. The number of nitrogens with one attached hydrogen (secondary N) is 2. The lowest BCUT2D eigenvalue weighted by molar-refractivity contribution is -0.114. The normalized spacial score (nSPS) is 8.73. The van der Waals surface area contributed by atoms with Gasteiger partial charge in [0.05, 0.1) is 0 Å². The first kappa shape index (κ1) is 22.4. The van der Waals surface area contributed by atoms with Gasteiger partial charge in [-0.3, -0.25) is 9.59 Å². The zero-order valence-corrected chi connectivity index (χ0v) is 15.0. The summed E-state index contributed by atoms with van der Waals surface area (Å²) in [6.45, 7) is 14.0. The van der Waals surface area contributed by atoms with Gasteiger partial charge in [-0.25, -0.2) is 0 Å². The van der Waals surface area contributed by atoms with Gasteiger partial charge in [-0.1, -0.05) is 33.8 Å². The molecular weight excluding hydrogens is 278 g/mol. The Hall–Kier alpha value is -1.88. The minimum Gasteiger partial charge on any atom is -0.351 e. The van der Waals surface area contributed by atoms with E-state index in [1.165, 1.54) is 6.92 Å². The van der Waals surface area contributed by atoms with Gasteiger partial charge in [-0.15, -0.1) is 0 Å². The summed E-state index contributed by atoms with van der Waals surface area (Å²) in [5.74, 6) is -0.333. The third-order valence-electron chi connectivity index (χ3n) is 2.56. The molecule has 1 aromatic rings. The Labute approximate surface area is 134 Å². The van der Waals surface area contributed by atoms with Crippen LogP contribution in [0, 0.1) is 13.8 Å². The molecule has 5 nitrogen and oxygen atoms in total. The van der Waals surface area contributed by atoms with E-state index in [2.05, 4.69) is 10.6 Å². The molecule has 0 bridgehead atoms. The Bertz CT molecular complexity index is 471. The number of rotatable bonds is 4. The second kappa shape index (κ2) is 12.8. The zero-order valence-electron chi connectivity index (χ0n) is 15.0. The molecule has 126 valence electrons. The molecule has 0 fully saturated rings. The Morgan fingerprint density at radius 1 is 1.05 bits per heavy atom. The number of aryl methyl sites for hydroxylation is 2. The zero-order chi connectivity index (χ0) is 17.7. The highest BCUT2D eigenvalue weighted by Gasteiger charge is 2.11. The van der Waals surface area contributed by atoms with Gasteiger partial charge in [-0.05, 0) is 31.0 Å². The molecule has 0 unspecified atom stereocenters. The SMILES string of the molecule is CC.CC.CC(=O)Nc1cc(C(=O)NCCN)c(C)cc1C. The summed E-state index contributed by atoms with van der Waals surface area (Å²) in [5, 5.41) is 5.42. The lowest BCUT2D eigenvalue weighted by Crippen LogP contribution is -2.29. The molecule has 0 aliphatic rings. The smallest absolute Gasteiger partial charge is 0.251 e. The van der Waals surface area contributed by atoms with Crippen LogP contribution in [0.15, 0.2) is 12.1 Å². The fourth-order valence-corrected chi connectivity index (χ4v) is 1.70. The van der Waals surface area contributed by atoms with Crippen LogP contribution in [0.2, 0.25) is 0 Å². The van der Waals surface area contributed by atoms with E-state index >= 15 is 0 Å². The van der Waals surface area contributed by atoms with Crippen LogP contribution in [0.4, 0.5) is 5.69 Å². The molecule has 22 heavy (non-hydrogen) atoms.